The van der Waals surface area contributed by atoms with Gasteiger partial charge in [-0.25, -0.2) is 0 Å². The first kappa shape index (κ1) is 12.9. The van der Waals surface area contributed by atoms with Gasteiger partial charge in [-0.3, -0.25) is 14.9 Å². The molecule has 1 aromatic carbocycles. The number of carboxylic acid groups (broad SMARTS) is 1. The lowest BCUT2D eigenvalue weighted by Crippen LogP contribution is -2.33. The summed E-state index contributed by atoms with van der Waals surface area (Å²) in [6.07, 6.45) is 0. The molecule has 2 atom stereocenters. The van der Waals surface area contributed by atoms with Crippen LogP contribution in [0, 0.1) is 0 Å². The van der Waals surface area contributed by atoms with Crippen molar-refractivity contribution in [2.45, 2.75) is 18.3 Å². The Labute approximate surface area is 109 Å². The molecule has 5 nitrogen and oxygen atoms in total. The van der Waals surface area contributed by atoms with E-state index >= 15 is 0 Å². The van der Waals surface area contributed by atoms with Crippen LogP contribution >= 0.6 is 11.8 Å². The highest BCUT2D eigenvalue weighted by atomic mass is 32.2. The molecule has 0 spiro atoms. The molecule has 1 heterocycles. The van der Waals surface area contributed by atoms with Crippen molar-refractivity contribution in [2.75, 3.05) is 11.1 Å². The highest BCUT2D eigenvalue weighted by Crippen LogP contribution is 2.33. The average molecular weight is 266 g/mol. The molecule has 2 rings (SSSR count). The summed E-state index contributed by atoms with van der Waals surface area (Å²) in [6, 6.07) is 6.91. The van der Waals surface area contributed by atoms with E-state index in [2.05, 4.69) is 10.6 Å². The minimum Gasteiger partial charge on any atom is -0.480 e. The van der Waals surface area contributed by atoms with Crippen LogP contribution in [0.25, 0.3) is 0 Å². The molecule has 0 bridgehead atoms. The van der Waals surface area contributed by atoms with Gasteiger partial charge in [0.1, 0.15) is 6.04 Å². The molecule has 0 aromatic heterocycles. The van der Waals surface area contributed by atoms with E-state index in [1.165, 1.54) is 6.92 Å². The number of hydrogen-bond acceptors (Lipinski definition) is 4. The van der Waals surface area contributed by atoms with E-state index in [1.54, 1.807) is 11.8 Å². The topological polar surface area (TPSA) is 78.4 Å². The molecule has 1 unspecified atom stereocenters. The van der Waals surface area contributed by atoms with Crippen LogP contribution in [0.15, 0.2) is 24.3 Å². The minimum absolute atomic E-state index is 0.00234. The van der Waals surface area contributed by atoms with Gasteiger partial charge in [0, 0.05) is 18.4 Å². The molecule has 0 aliphatic carbocycles. The predicted octanol–water partition coefficient (Wildman–Crippen LogP) is 1.43. The van der Waals surface area contributed by atoms with Gasteiger partial charge in [0.2, 0.25) is 5.91 Å². The quantitative estimate of drug-likeness (QED) is 0.771. The standard InChI is InChI=1S/C12H14N2O3S/c1-7(15)13-9-4-2-8(3-5-9)11-14-10(6-18-11)12(16)17/h2-5,10-11,14H,6H2,1H3,(H,13,15)(H,16,17)/t10-,11?/m1/s1. The molecule has 1 fully saturated rings. The van der Waals surface area contributed by atoms with Crippen LogP contribution in [0.2, 0.25) is 0 Å². The molecule has 0 saturated carbocycles. The Balaban J connectivity index is 2.02. The Bertz CT molecular complexity index is 461. The van der Waals surface area contributed by atoms with Crippen molar-refractivity contribution in [3.05, 3.63) is 29.8 Å². The van der Waals surface area contributed by atoms with Crippen LogP contribution in [0.1, 0.15) is 17.9 Å². The lowest BCUT2D eigenvalue weighted by atomic mass is 10.2. The molecule has 18 heavy (non-hydrogen) atoms. The number of amides is 1. The second-order valence-corrected chi connectivity index (χ2v) is 5.21. The first-order valence-electron chi connectivity index (χ1n) is 5.54. The van der Waals surface area contributed by atoms with Crippen LogP contribution in [0.5, 0.6) is 0 Å². The molecular formula is C12H14N2O3S. The highest BCUT2D eigenvalue weighted by molar-refractivity contribution is 7.99. The van der Waals surface area contributed by atoms with Crippen LogP contribution in [0.3, 0.4) is 0 Å². The summed E-state index contributed by atoms with van der Waals surface area (Å²) in [7, 11) is 0. The predicted molar refractivity (Wildman–Crippen MR) is 70.5 cm³/mol. The highest BCUT2D eigenvalue weighted by Gasteiger charge is 2.30. The number of carboxylic acids is 1. The maximum Gasteiger partial charge on any atom is 0.321 e. The summed E-state index contributed by atoms with van der Waals surface area (Å²) in [5.74, 6) is -0.366. The van der Waals surface area contributed by atoms with E-state index in [1.807, 2.05) is 24.3 Å². The fourth-order valence-corrected chi connectivity index (χ4v) is 2.98. The van der Waals surface area contributed by atoms with E-state index in [9.17, 15) is 9.59 Å². The largest absolute Gasteiger partial charge is 0.480 e. The fourth-order valence-electron chi connectivity index (χ4n) is 1.75. The molecule has 1 aliphatic rings. The van der Waals surface area contributed by atoms with Crippen LogP contribution < -0.4 is 10.6 Å². The van der Waals surface area contributed by atoms with Gasteiger partial charge >= 0.3 is 5.97 Å². The monoisotopic (exact) mass is 266 g/mol. The van der Waals surface area contributed by atoms with E-state index in [0.717, 1.165) is 11.3 Å². The third-order valence-electron chi connectivity index (χ3n) is 2.61. The van der Waals surface area contributed by atoms with Crippen molar-refractivity contribution in [2.24, 2.45) is 0 Å². The van der Waals surface area contributed by atoms with Crippen molar-refractivity contribution >= 4 is 29.3 Å². The number of hydrogen-bond donors (Lipinski definition) is 3. The third-order valence-corrected chi connectivity index (χ3v) is 3.88. The molecule has 6 heteroatoms. The number of benzene rings is 1. The second kappa shape index (κ2) is 5.41. The van der Waals surface area contributed by atoms with Gasteiger partial charge in [-0.15, -0.1) is 11.8 Å². The summed E-state index contributed by atoms with van der Waals surface area (Å²) < 4.78 is 0. The third kappa shape index (κ3) is 3.02. The molecule has 1 saturated heterocycles. The van der Waals surface area contributed by atoms with E-state index in [0.29, 0.717) is 5.75 Å². The smallest absolute Gasteiger partial charge is 0.321 e. The summed E-state index contributed by atoms with van der Waals surface area (Å²) in [5, 5.41) is 14.6. The second-order valence-electron chi connectivity index (χ2n) is 4.07. The van der Waals surface area contributed by atoms with Gasteiger partial charge in [0.05, 0.1) is 5.37 Å². The lowest BCUT2D eigenvalue weighted by Gasteiger charge is -2.12. The molecule has 1 aromatic rings. The fraction of sp³-hybridized carbons (Fsp3) is 0.333. The maximum atomic E-state index is 10.9. The summed E-state index contributed by atoms with van der Waals surface area (Å²) in [6.45, 7) is 1.46. The molecule has 3 N–H and O–H groups in total. The molecule has 96 valence electrons. The molecule has 1 aliphatic heterocycles. The Morgan fingerprint density at radius 2 is 2.06 bits per heavy atom. The zero-order valence-corrected chi connectivity index (χ0v) is 10.7. The SMILES string of the molecule is CC(=O)Nc1ccc(C2N[C@@H](C(=O)O)CS2)cc1. The van der Waals surface area contributed by atoms with Crippen molar-refractivity contribution in [3.63, 3.8) is 0 Å². The Hall–Kier alpha value is -1.53. The summed E-state index contributed by atoms with van der Waals surface area (Å²) in [5.41, 5.74) is 1.75. The van der Waals surface area contributed by atoms with Gasteiger partial charge in [-0.1, -0.05) is 12.1 Å². The number of anilines is 1. The Kier molecular flexibility index (Phi) is 3.88. The number of carbonyl (C=O) groups is 2. The zero-order chi connectivity index (χ0) is 13.1. The van der Waals surface area contributed by atoms with Crippen molar-refractivity contribution < 1.29 is 14.7 Å². The van der Waals surface area contributed by atoms with Crippen molar-refractivity contribution in [3.8, 4) is 0 Å². The van der Waals surface area contributed by atoms with Gasteiger partial charge in [0.15, 0.2) is 0 Å². The number of rotatable bonds is 3. The van der Waals surface area contributed by atoms with Crippen LogP contribution in [0.4, 0.5) is 5.69 Å². The zero-order valence-electron chi connectivity index (χ0n) is 9.84. The van der Waals surface area contributed by atoms with Crippen molar-refractivity contribution in [1.82, 2.24) is 5.32 Å². The summed E-state index contributed by atoms with van der Waals surface area (Å²) >= 11 is 1.57. The number of carbonyl (C=O) groups excluding carboxylic acids is 1. The van der Waals surface area contributed by atoms with Gasteiger partial charge in [-0.2, -0.15) is 0 Å². The molecule has 1 amide bonds. The first-order valence-corrected chi connectivity index (χ1v) is 6.59. The first-order chi connectivity index (χ1) is 8.56. The Morgan fingerprint density at radius 3 is 2.56 bits per heavy atom. The Morgan fingerprint density at radius 1 is 1.39 bits per heavy atom. The van der Waals surface area contributed by atoms with Gasteiger partial charge in [0.25, 0.3) is 0 Å². The van der Waals surface area contributed by atoms with Crippen LogP contribution in [-0.2, 0) is 9.59 Å². The minimum atomic E-state index is -0.820. The van der Waals surface area contributed by atoms with E-state index in [4.69, 9.17) is 5.11 Å². The van der Waals surface area contributed by atoms with E-state index < -0.39 is 12.0 Å². The lowest BCUT2D eigenvalue weighted by molar-refractivity contribution is -0.138. The normalized spacial score (nSPS) is 22.7. The number of aliphatic carboxylic acids is 1. The van der Waals surface area contributed by atoms with E-state index in [-0.39, 0.29) is 11.3 Å². The van der Waals surface area contributed by atoms with Gasteiger partial charge in [-0.05, 0) is 17.7 Å². The summed E-state index contributed by atoms with van der Waals surface area (Å²) in [4.78, 5) is 21.7. The van der Waals surface area contributed by atoms with Crippen molar-refractivity contribution in [1.29, 1.82) is 0 Å². The maximum absolute atomic E-state index is 10.9. The number of thioether (sulfide) groups is 1. The van der Waals surface area contributed by atoms with Gasteiger partial charge < -0.3 is 10.4 Å². The number of nitrogens with one attached hydrogen (secondary N) is 2. The molecular weight excluding hydrogens is 252 g/mol. The van der Waals surface area contributed by atoms with Crippen LogP contribution in [-0.4, -0.2) is 28.8 Å². The molecule has 0 radical (unpaired) electrons. The average Bonchev–Trinajstić information content (AvgIpc) is 2.78.